The lowest BCUT2D eigenvalue weighted by atomic mass is 10.1. The van der Waals surface area contributed by atoms with Crippen LogP contribution in [0.4, 0.5) is 0 Å². The maximum Gasteiger partial charge on any atom is 0.310 e. The Balaban J connectivity index is 2.64. The van der Waals surface area contributed by atoms with Crippen LogP contribution < -0.4 is 0 Å². The van der Waals surface area contributed by atoms with Gasteiger partial charge in [0, 0.05) is 0 Å². The average molecular weight is 176 g/mol. The smallest absolute Gasteiger partial charge is 0.310 e. The second-order valence-corrected chi connectivity index (χ2v) is 2.90. The lowest BCUT2D eigenvalue weighted by Crippen LogP contribution is -2.05. The van der Waals surface area contributed by atoms with Crippen LogP contribution in [0.15, 0.2) is 36.4 Å². The first-order valence-corrected chi connectivity index (χ1v) is 4.16. The van der Waals surface area contributed by atoms with Crippen LogP contribution in [0.5, 0.6) is 0 Å². The summed E-state index contributed by atoms with van der Waals surface area (Å²) in [5.74, 6) is -1.23. The lowest BCUT2D eigenvalue weighted by molar-refractivity contribution is -0.139. The number of carboxylic acid groups (broad SMARTS) is 1. The fourth-order valence-electron chi connectivity index (χ4n) is 0.902. The van der Waals surface area contributed by atoms with Crippen LogP contribution in [-0.2, 0) is 4.79 Å². The molecule has 0 amide bonds. The van der Waals surface area contributed by atoms with Crippen molar-refractivity contribution >= 4 is 12.0 Å². The van der Waals surface area contributed by atoms with Crippen molar-refractivity contribution in [3.05, 3.63) is 42.0 Å². The number of rotatable bonds is 3. The molecule has 0 aliphatic heterocycles. The van der Waals surface area contributed by atoms with E-state index in [9.17, 15) is 4.79 Å². The van der Waals surface area contributed by atoms with Gasteiger partial charge in [-0.25, -0.2) is 0 Å². The first-order chi connectivity index (χ1) is 6.20. The molecule has 0 saturated carbocycles. The van der Waals surface area contributed by atoms with Gasteiger partial charge in [-0.05, 0) is 12.5 Å². The minimum atomic E-state index is -0.799. The minimum absolute atomic E-state index is 0.430. The van der Waals surface area contributed by atoms with Crippen molar-refractivity contribution in [1.82, 2.24) is 0 Å². The summed E-state index contributed by atoms with van der Waals surface area (Å²) in [6, 6.07) is 9.64. The molecule has 0 unspecified atom stereocenters. The van der Waals surface area contributed by atoms with E-state index in [4.69, 9.17) is 5.11 Å². The Morgan fingerprint density at radius 2 is 2.00 bits per heavy atom. The highest BCUT2D eigenvalue weighted by Gasteiger charge is 2.04. The number of carboxylic acids is 1. The SMILES string of the molecule is C[C@H](/C=C/c1ccccc1)C(=O)O. The van der Waals surface area contributed by atoms with Gasteiger partial charge < -0.3 is 5.11 Å². The van der Waals surface area contributed by atoms with E-state index < -0.39 is 11.9 Å². The van der Waals surface area contributed by atoms with Crippen LogP contribution in [0.1, 0.15) is 12.5 Å². The van der Waals surface area contributed by atoms with Crippen LogP contribution in [0.2, 0.25) is 0 Å². The molecular formula is C11H12O2. The molecule has 13 heavy (non-hydrogen) atoms. The van der Waals surface area contributed by atoms with E-state index in [0.29, 0.717) is 0 Å². The summed E-state index contributed by atoms with van der Waals surface area (Å²) in [5, 5.41) is 8.61. The van der Waals surface area contributed by atoms with Gasteiger partial charge in [0.1, 0.15) is 0 Å². The predicted molar refractivity (Wildman–Crippen MR) is 52.3 cm³/mol. The van der Waals surface area contributed by atoms with Crippen molar-refractivity contribution < 1.29 is 9.90 Å². The number of hydrogen-bond acceptors (Lipinski definition) is 1. The number of aliphatic carboxylic acids is 1. The highest BCUT2D eigenvalue weighted by molar-refractivity contribution is 5.73. The van der Waals surface area contributed by atoms with Gasteiger partial charge in [-0.3, -0.25) is 4.79 Å². The maximum atomic E-state index is 10.5. The molecule has 2 nitrogen and oxygen atoms in total. The van der Waals surface area contributed by atoms with Crippen LogP contribution in [0.3, 0.4) is 0 Å². The Hall–Kier alpha value is -1.57. The normalized spacial score (nSPS) is 13.0. The molecule has 0 aliphatic carbocycles. The average Bonchev–Trinajstić information content (AvgIpc) is 2.15. The van der Waals surface area contributed by atoms with Gasteiger partial charge in [0.25, 0.3) is 0 Å². The number of benzene rings is 1. The topological polar surface area (TPSA) is 37.3 Å². The van der Waals surface area contributed by atoms with Crippen LogP contribution in [0, 0.1) is 5.92 Å². The van der Waals surface area contributed by atoms with Crippen molar-refractivity contribution in [3.8, 4) is 0 Å². The molecule has 1 rings (SSSR count). The molecule has 0 heterocycles. The van der Waals surface area contributed by atoms with Crippen molar-refractivity contribution in [2.75, 3.05) is 0 Å². The molecule has 0 aromatic heterocycles. The zero-order valence-electron chi connectivity index (χ0n) is 7.47. The van der Waals surface area contributed by atoms with E-state index in [1.807, 2.05) is 36.4 Å². The van der Waals surface area contributed by atoms with Crippen molar-refractivity contribution in [1.29, 1.82) is 0 Å². The van der Waals surface area contributed by atoms with Gasteiger partial charge in [0.2, 0.25) is 0 Å². The van der Waals surface area contributed by atoms with Crippen molar-refractivity contribution in [2.24, 2.45) is 5.92 Å². The minimum Gasteiger partial charge on any atom is -0.481 e. The Morgan fingerprint density at radius 3 is 2.54 bits per heavy atom. The van der Waals surface area contributed by atoms with Gasteiger partial charge in [0.05, 0.1) is 5.92 Å². The Bertz CT molecular complexity index is 301. The molecule has 1 aromatic carbocycles. The highest BCUT2D eigenvalue weighted by Crippen LogP contribution is 2.05. The summed E-state index contributed by atoms with van der Waals surface area (Å²) >= 11 is 0. The van der Waals surface area contributed by atoms with Crippen molar-refractivity contribution in [2.45, 2.75) is 6.92 Å². The van der Waals surface area contributed by atoms with Gasteiger partial charge in [-0.2, -0.15) is 0 Å². The van der Waals surface area contributed by atoms with Gasteiger partial charge >= 0.3 is 5.97 Å². The molecule has 0 aliphatic rings. The van der Waals surface area contributed by atoms with E-state index in [1.165, 1.54) is 0 Å². The number of carbonyl (C=O) groups is 1. The molecule has 0 bridgehead atoms. The largest absolute Gasteiger partial charge is 0.481 e. The van der Waals surface area contributed by atoms with E-state index in [-0.39, 0.29) is 0 Å². The Kier molecular flexibility index (Phi) is 3.26. The summed E-state index contributed by atoms with van der Waals surface area (Å²) < 4.78 is 0. The molecule has 0 spiro atoms. The fourth-order valence-corrected chi connectivity index (χ4v) is 0.902. The van der Waals surface area contributed by atoms with E-state index in [0.717, 1.165) is 5.56 Å². The zero-order chi connectivity index (χ0) is 9.68. The molecule has 2 heteroatoms. The zero-order valence-corrected chi connectivity index (χ0v) is 7.47. The van der Waals surface area contributed by atoms with Gasteiger partial charge in [0.15, 0.2) is 0 Å². The molecule has 1 aromatic rings. The van der Waals surface area contributed by atoms with Crippen molar-refractivity contribution in [3.63, 3.8) is 0 Å². The van der Waals surface area contributed by atoms with Gasteiger partial charge in [-0.15, -0.1) is 0 Å². The third-order valence-corrected chi connectivity index (χ3v) is 1.77. The molecule has 0 fully saturated rings. The Morgan fingerprint density at radius 1 is 1.38 bits per heavy atom. The second kappa shape index (κ2) is 4.45. The maximum absolute atomic E-state index is 10.5. The van der Waals surface area contributed by atoms with Crippen LogP contribution in [-0.4, -0.2) is 11.1 Å². The quantitative estimate of drug-likeness (QED) is 0.767. The van der Waals surface area contributed by atoms with E-state index in [1.54, 1.807) is 13.0 Å². The summed E-state index contributed by atoms with van der Waals surface area (Å²) in [7, 11) is 0. The number of hydrogen-bond donors (Lipinski definition) is 1. The molecule has 1 N–H and O–H groups in total. The molecule has 0 saturated heterocycles. The molecule has 68 valence electrons. The summed E-state index contributed by atoms with van der Waals surface area (Å²) in [6.45, 7) is 1.65. The summed E-state index contributed by atoms with van der Waals surface area (Å²) in [4.78, 5) is 10.5. The van der Waals surface area contributed by atoms with E-state index >= 15 is 0 Å². The standard InChI is InChI=1S/C11H12O2/c1-9(11(12)13)7-8-10-5-3-2-4-6-10/h2-9H,1H3,(H,12,13)/b8-7+/t9-/m1/s1. The first-order valence-electron chi connectivity index (χ1n) is 4.16. The second-order valence-electron chi connectivity index (χ2n) is 2.90. The van der Waals surface area contributed by atoms with E-state index in [2.05, 4.69) is 0 Å². The lowest BCUT2D eigenvalue weighted by Gasteiger charge is -1.97. The fraction of sp³-hybridized carbons (Fsp3) is 0.182. The highest BCUT2D eigenvalue weighted by atomic mass is 16.4. The third kappa shape index (κ3) is 3.11. The Labute approximate surface area is 77.5 Å². The third-order valence-electron chi connectivity index (χ3n) is 1.77. The van der Waals surface area contributed by atoms with Crippen LogP contribution >= 0.6 is 0 Å². The summed E-state index contributed by atoms with van der Waals surface area (Å²) in [5.41, 5.74) is 1.02. The van der Waals surface area contributed by atoms with Gasteiger partial charge in [-0.1, -0.05) is 42.5 Å². The summed E-state index contributed by atoms with van der Waals surface area (Å²) in [6.07, 6.45) is 3.50. The molecular weight excluding hydrogens is 164 g/mol. The predicted octanol–water partition coefficient (Wildman–Crippen LogP) is 2.42. The monoisotopic (exact) mass is 176 g/mol. The first kappa shape index (κ1) is 9.52. The van der Waals surface area contributed by atoms with Crippen LogP contribution in [0.25, 0.3) is 6.08 Å². The molecule has 0 radical (unpaired) electrons. The molecule has 1 atom stereocenters.